The molecular weight excluding hydrogens is 394 g/mol. The molecule has 0 fully saturated rings. The molecule has 1 unspecified atom stereocenters. The molecule has 1 aromatic carbocycles. The van der Waals surface area contributed by atoms with E-state index in [9.17, 15) is 8.42 Å². The molecule has 0 aromatic heterocycles. The van der Waals surface area contributed by atoms with Crippen molar-refractivity contribution in [1.82, 2.24) is 4.72 Å². The third-order valence-electron chi connectivity index (χ3n) is 3.28. The lowest BCUT2D eigenvalue weighted by molar-refractivity contribution is 0.390. The van der Waals surface area contributed by atoms with Crippen LogP contribution >= 0.6 is 31.9 Å². The summed E-state index contributed by atoms with van der Waals surface area (Å²) < 4.78 is 28.9. The predicted octanol–water partition coefficient (Wildman–Crippen LogP) is 4.31. The van der Waals surface area contributed by atoms with Gasteiger partial charge in [-0.2, -0.15) is 0 Å². The number of hydrogen-bond acceptors (Lipinski definition) is 2. The van der Waals surface area contributed by atoms with Crippen LogP contribution in [0.5, 0.6) is 0 Å². The maximum Gasteiger partial charge on any atom is 0.241 e. The number of hydrogen-bond donors (Lipinski definition) is 1. The van der Waals surface area contributed by atoms with E-state index in [1.807, 2.05) is 6.92 Å². The van der Waals surface area contributed by atoms with Gasteiger partial charge in [0.25, 0.3) is 0 Å². The molecule has 1 N–H and O–H groups in total. The van der Waals surface area contributed by atoms with Crippen LogP contribution in [0.15, 0.2) is 32.0 Å². The summed E-state index contributed by atoms with van der Waals surface area (Å²) in [6.07, 6.45) is 1.92. The van der Waals surface area contributed by atoms with E-state index >= 15 is 0 Å². The van der Waals surface area contributed by atoms with Crippen LogP contribution in [0.4, 0.5) is 0 Å². The number of halogens is 2. The fourth-order valence-electron chi connectivity index (χ4n) is 2.08. The van der Waals surface area contributed by atoms with E-state index in [2.05, 4.69) is 50.4 Å². The van der Waals surface area contributed by atoms with Crippen molar-refractivity contribution in [2.24, 2.45) is 5.92 Å². The van der Waals surface area contributed by atoms with Crippen LogP contribution < -0.4 is 4.72 Å². The Bertz CT molecular complexity index is 527. The summed E-state index contributed by atoms with van der Waals surface area (Å²) >= 11 is 6.59. The fraction of sp³-hybridized carbons (Fsp3) is 0.538. The quantitative estimate of drug-likeness (QED) is 0.756. The highest BCUT2D eigenvalue weighted by Gasteiger charge is 2.23. The number of sulfonamides is 1. The van der Waals surface area contributed by atoms with Crippen LogP contribution in [0, 0.1) is 5.92 Å². The van der Waals surface area contributed by atoms with E-state index < -0.39 is 10.0 Å². The van der Waals surface area contributed by atoms with Gasteiger partial charge in [0, 0.05) is 15.0 Å². The van der Waals surface area contributed by atoms with Crippen LogP contribution in [0.3, 0.4) is 0 Å². The first kappa shape index (κ1) is 17.1. The molecule has 6 heteroatoms. The van der Waals surface area contributed by atoms with Gasteiger partial charge in [-0.3, -0.25) is 0 Å². The normalized spacial score (nSPS) is 13.8. The molecule has 19 heavy (non-hydrogen) atoms. The van der Waals surface area contributed by atoms with E-state index in [4.69, 9.17) is 0 Å². The van der Waals surface area contributed by atoms with Gasteiger partial charge in [0.05, 0.1) is 4.90 Å². The molecule has 0 radical (unpaired) electrons. The summed E-state index contributed by atoms with van der Waals surface area (Å²) in [5.41, 5.74) is 0. The minimum Gasteiger partial charge on any atom is -0.208 e. The van der Waals surface area contributed by atoms with Crippen LogP contribution in [-0.2, 0) is 10.0 Å². The Labute approximate surface area is 132 Å². The molecule has 1 atom stereocenters. The van der Waals surface area contributed by atoms with E-state index in [0.29, 0.717) is 10.4 Å². The zero-order valence-corrected chi connectivity index (χ0v) is 15.3. The summed E-state index contributed by atoms with van der Waals surface area (Å²) in [7, 11) is -3.50. The lowest BCUT2D eigenvalue weighted by atomic mass is 9.96. The molecule has 0 heterocycles. The lowest BCUT2D eigenvalue weighted by Gasteiger charge is -2.22. The van der Waals surface area contributed by atoms with Gasteiger partial charge in [-0.15, -0.1) is 0 Å². The van der Waals surface area contributed by atoms with E-state index in [1.165, 1.54) is 0 Å². The molecule has 0 bridgehead atoms. The largest absolute Gasteiger partial charge is 0.241 e. The Kier molecular flexibility index (Phi) is 6.50. The standard InChI is InChI=1S/C13H19Br2NO2S/c1-4-10(5-2)9(3)16-19(17,18)13-8-11(14)6-7-12(13)15/h6-10,16H,4-5H2,1-3H3. The average molecular weight is 413 g/mol. The van der Waals surface area contributed by atoms with Crippen molar-refractivity contribution in [2.75, 3.05) is 0 Å². The van der Waals surface area contributed by atoms with Crippen LogP contribution in [-0.4, -0.2) is 14.5 Å². The van der Waals surface area contributed by atoms with E-state index in [1.54, 1.807) is 18.2 Å². The molecule has 1 aromatic rings. The van der Waals surface area contributed by atoms with Crippen molar-refractivity contribution in [3.63, 3.8) is 0 Å². The van der Waals surface area contributed by atoms with Crippen molar-refractivity contribution < 1.29 is 8.42 Å². The molecule has 108 valence electrons. The van der Waals surface area contributed by atoms with Crippen molar-refractivity contribution in [3.05, 3.63) is 27.1 Å². The third-order valence-corrected chi connectivity index (χ3v) is 6.33. The zero-order valence-electron chi connectivity index (χ0n) is 11.3. The molecule has 0 aliphatic rings. The molecule has 0 saturated heterocycles. The zero-order chi connectivity index (χ0) is 14.6. The minimum atomic E-state index is -3.50. The van der Waals surface area contributed by atoms with Gasteiger partial charge in [-0.25, -0.2) is 13.1 Å². The second kappa shape index (κ2) is 7.20. The highest BCUT2D eigenvalue weighted by Crippen LogP contribution is 2.26. The van der Waals surface area contributed by atoms with Gasteiger partial charge >= 0.3 is 0 Å². The van der Waals surface area contributed by atoms with Gasteiger partial charge < -0.3 is 0 Å². The van der Waals surface area contributed by atoms with Gasteiger partial charge in [0.2, 0.25) is 10.0 Å². The first-order valence-electron chi connectivity index (χ1n) is 6.29. The maximum atomic E-state index is 12.4. The molecule has 0 amide bonds. The summed E-state index contributed by atoms with van der Waals surface area (Å²) in [6.45, 7) is 6.07. The van der Waals surface area contributed by atoms with Gasteiger partial charge in [0.15, 0.2) is 0 Å². The highest BCUT2D eigenvalue weighted by atomic mass is 79.9. The highest BCUT2D eigenvalue weighted by molar-refractivity contribution is 9.11. The fourth-order valence-corrected chi connectivity index (χ4v) is 4.90. The van der Waals surface area contributed by atoms with E-state index in [-0.39, 0.29) is 10.9 Å². The monoisotopic (exact) mass is 411 g/mol. The first-order valence-corrected chi connectivity index (χ1v) is 9.36. The summed E-state index contributed by atoms with van der Waals surface area (Å²) in [4.78, 5) is 0.264. The summed E-state index contributed by atoms with van der Waals surface area (Å²) in [5, 5.41) is 0. The molecule has 1 rings (SSSR count). The van der Waals surface area contributed by atoms with Crippen molar-refractivity contribution in [1.29, 1.82) is 0 Å². The maximum absolute atomic E-state index is 12.4. The molecule has 3 nitrogen and oxygen atoms in total. The van der Waals surface area contributed by atoms with Crippen molar-refractivity contribution in [2.45, 2.75) is 44.6 Å². The topological polar surface area (TPSA) is 46.2 Å². The smallest absolute Gasteiger partial charge is 0.208 e. The summed E-state index contributed by atoms with van der Waals surface area (Å²) in [5.74, 6) is 0.348. The van der Waals surface area contributed by atoms with Crippen LogP contribution in [0.2, 0.25) is 0 Å². The minimum absolute atomic E-state index is 0.0779. The second-order valence-electron chi connectivity index (χ2n) is 4.56. The van der Waals surface area contributed by atoms with Crippen molar-refractivity contribution >= 4 is 41.9 Å². The Morgan fingerprint density at radius 2 is 1.79 bits per heavy atom. The average Bonchev–Trinajstić information content (AvgIpc) is 2.33. The second-order valence-corrected chi connectivity index (χ2v) is 8.01. The number of nitrogens with one attached hydrogen (secondary N) is 1. The molecule has 0 saturated carbocycles. The first-order chi connectivity index (χ1) is 8.81. The molecule has 0 spiro atoms. The Morgan fingerprint density at radius 1 is 1.21 bits per heavy atom. The third kappa shape index (κ3) is 4.55. The summed E-state index contributed by atoms with van der Waals surface area (Å²) in [6, 6.07) is 5.05. The lowest BCUT2D eigenvalue weighted by Crippen LogP contribution is -2.37. The van der Waals surface area contributed by atoms with Crippen LogP contribution in [0.1, 0.15) is 33.6 Å². The Hall–Kier alpha value is 0.0900. The van der Waals surface area contributed by atoms with Gasteiger partial charge in [-0.05, 0) is 47.0 Å². The van der Waals surface area contributed by atoms with Crippen LogP contribution in [0.25, 0.3) is 0 Å². The molecule has 0 aliphatic carbocycles. The van der Waals surface area contributed by atoms with Gasteiger partial charge in [0.1, 0.15) is 0 Å². The predicted molar refractivity (Wildman–Crippen MR) is 85.7 cm³/mol. The number of rotatable bonds is 6. The molecular formula is C13H19Br2NO2S. The SMILES string of the molecule is CCC(CC)C(C)NS(=O)(=O)c1cc(Br)ccc1Br. The van der Waals surface area contributed by atoms with Crippen molar-refractivity contribution in [3.8, 4) is 0 Å². The Morgan fingerprint density at radius 3 is 2.32 bits per heavy atom. The van der Waals surface area contributed by atoms with Gasteiger partial charge in [-0.1, -0.05) is 42.6 Å². The van der Waals surface area contributed by atoms with E-state index in [0.717, 1.165) is 17.3 Å². The number of benzene rings is 1. The molecule has 0 aliphatic heterocycles. The Balaban J connectivity index is 3.01.